The number of hydrogen-bond donors (Lipinski definition) is 1. The molecular formula is C18H18ClNO5S. The molecule has 1 aliphatic heterocycles. The Labute approximate surface area is 157 Å². The van der Waals surface area contributed by atoms with Crippen LogP contribution >= 0.6 is 11.6 Å². The summed E-state index contributed by atoms with van der Waals surface area (Å²) in [5.74, 6) is 0.512. The average Bonchev–Trinajstić information content (AvgIpc) is 3.08. The highest BCUT2D eigenvalue weighted by atomic mass is 35.5. The van der Waals surface area contributed by atoms with Gasteiger partial charge in [-0.1, -0.05) is 41.9 Å². The van der Waals surface area contributed by atoms with E-state index in [1.165, 1.54) is 6.07 Å². The van der Waals surface area contributed by atoms with Crippen LogP contribution in [-0.4, -0.2) is 33.4 Å². The number of nitrogens with one attached hydrogen (secondary N) is 1. The molecule has 0 bridgehead atoms. The van der Waals surface area contributed by atoms with Crippen molar-refractivity contribution in [3.8, 4) is 11.5 Å². The monoisotopic (exact) mass is 395 g/mol. The van der Waals surface area contributed by atoms with Gasteiger partial charge in [0, 0.05) is 12.1 Å². The molecule has 1 amide bonds. The third-order valence-corrected chi connectivity index (χ3v) is 5.80. The third-order valence-electron chi connectivity index (χ3n) is 3.84. The number of halogens is 1. The number of hydrogen-bond acceptors (Lipinski definition) is 5. The summed E-state index contributed by atoms with van der Waals surface area (Å²) in [4.78, 5) is 12.2. The van der Waals surface area contributed by atoms with Crippen molar-refractivity contribution in [2.45, 2.75) is 12.2 Å². The smallest absolute Gasteiger partial charge is 0.251 e. The number of carbonyl (C=O) groups is 1. The Kier molecular flexibility index (Phi) is 5.68. The maximum absolute atomic E-state index is 12.2. The fourth-order valence-electron chi connectivity index (χ4n) is 2.59. The summed E-state index contributed by atoms with van der Waals surface area (Å²) in [7, 11) is -3.22. The van der Waals surface area contributed by atoms with E-state index in [9.17, 15) is 13.2 Å². The summed E-state index contributed by atoms with van der Waals surface area (Å²) >= 11 is 6.05. The van der Waals surface area contributed by atoms with Crippen LogP contribution in [0.15, 0.2) is 42.5 Å². The zero-order chi connectivity index (χ0) is 18.6. The van der Waals surface area contributed by atoms with Crippen LogP contribution in [0.2, 0.25) is 5.02 Å². The van der Waals surface area contributed by atoms with E-state index in [1.807, 2.05) is 18.2 Å². The van der Waals surface area contributed by atoms with Crippen LogP contribution < -0.4 is 14.8 Å². The van der Waals surface area contributed by atoms with Crippen molar-refractivity contribution >= 4 is 27.3 Å². The molecule has 0 atom stereocenters. The lowest BCUT2D eigenvalue weighted by Gasteiger charge is -2.08. The number of benzene rings is 2. The van der Waals surface area contributed by atoms with Crippen LogP contribution in [0.4, 0.5) is 0 Å². The topological polar surface area (TPSA) is 81.7 Å². The third kappa shape index (κ3) is 4.68. The van der Waals surface area contributed by atoms with E-state index >= 15 is 0 Å². The van der Waals surface area contributed by atoms with E-state index in [1.54, 1.807) is 18.2 Å². The van der Waals surface area contributed by atoms with Gasteiger partial charge < -0.3 is 14.8 Å². The van der Waals surface area contributed by atoms with Crippen molar-refractivity contribution in [1.29, 1.82) is 0 Å². The summed E-state index contributed by atoms with van der Waals surface area (Å²) < 4.78 is 34.7. The number of sulfone groups is 1. The second kappa shape index (κ2) is 7.97. The molecule has 0 fully saturated rings. The van der Waals surface area contributed by atoms with Crippen molar-refractivity contribution in [2.24, 2.45) is 0 Å². The van der Waals surface area contributed by atoms with E-state index in [-0.39, 0.29) is 30.8 Å². The summed E-state index contributed by atoms with van der Waals surface area (Å²) in [5.41, 5.74) is 1.10. The molecule has 2 aromatic rings. The number of fused-ring (bicyclic) bond motifs is 1. The van der Waals surface area contributed by atoms with E-state index in [2.05, 4.69) is 5.32 Å². The fourth-order valence-corrected chi connectivity index (χ4v) is 4.29. The SMILES string of the molecule is O=C(NCCCS(=O)(=O)Cc1ccccc1)c1cc(Cl)c2c(c1)OCO2. The predicted octanol–water partition coefficient (Wildman–Crippen LogP) is 2.80. The van der Waals surface area contributed by atoms with Crippen LogP contribution in [0.5, 0.6) is 11.5 Å². The van der Waals surface area contributed by atoms with Crippen molar-refractivity contribution in [3.05, 3.63) is 58.6 Å². The van der Waals surface area contributed by atoms with Gasteiger partial charge >= 0.3 is 0 Å². The van der Waals surface area contributed by atoms with Gasteiger partial charge in [-0.05, 0) is 24.1 Å². The summed E-state index contributed by atoms with van der Waals surface area (Å²) in [6, 6.07) is 12.1. The minimum atomic E-state index is -3.22. The van der Waals surface area contributed by atoms with Gasteiger partial charge in [0.25, 0.3) is 5.91 Å². The average molecular weight is 396 g/mol. The fraction of sp³-hybridized carbons (Fsp3) is 0.278. The summed E-state index contributed by atoms with van der Waals surface area (Å²) in [5, 5.41) is 3.00. The van der Waals surface area contributed by atoms with Crippen molar-refractivity contribution in [2.75, 3.05) is 19.1 Å². The Bertz CT molecular complexity index is 899. The Morgan fingerprint density at radius 2 is 1.92 bits per heavy atom. The summed E-state index contributed by atoms with van der Waals surface area (Å²) in [6.45, 7) is 0.318. The van der Waals surface area contributed by atoms with E-state index in [0.29, 0.717) is 28.5 Å². The maximum Gasteiger partial charge on any atom is 0.251 e. The van der Waals surface area contributed by atoms with Crippen LogP contribution in [0.3, 0.4) is 0 Å². The molecule has 0 radical (unpaired) electrons. The normalized spacial score (nSPS) is 12.8. The van der Waals surface area contributed by atoms with Crippen molar-refractivity contribution in [3.63, 3.8) is 0 Å². The van der Waals surface area contributed by atoms with Crippen LogP contribution in [-0.2, 0) is 15.6 Å². The number of carbonyl (C=O) groups excluding carboxylic acids is 1. The second-order valence-corrected chi connectivity index (χ2v) is 8.47. The Balaban J connectivity index is 1.49. The molecule has 0 saturated heterocycles. The highest BCUT2D eigenvalue weighted by Crippen LogP contribution is 2.39. The molecule has 138 valence electrons. The standard InChI is InChI=1S/C18H18ClNO5S/c19-15-9-14(10-16-17(15)25-12-24-16)18(21)20-7-4-8-26(22,23)11-13-5-2-1-3-6-13/h1-3,5-6,9-10H,4,7-8,11-12H2,(H,20,21). The molecule has 26 heavy (non-hydrogen) atoms. The van der Waals surface area contributed by atoms with Gasteiger partial charge in [-0.3, -0.25) is 4.79 Å². The van der Waals surface area contributed by atoms with Crippen LogP contribution in [0.1, 0.15) is 22.3 Å². The van der Waals surface area contributed by atoms with Crippen LogP contribution in [0, 0.1) is 0 Å². The highest BCUT2D eigenvalue weighted by Gasteiger charge is 2.20. The van der Waals surface area contributed by atoms with Gasteiger partial charge in [-0.2, -0.15) is 0 Å². The number of ether oxygens (including phenoxy) is 2. The molecule has 0 spiro atoms. The first-order valence-corrected chi connectivity index (χ1v) is 10.3. The molecule has 0 unspecified atom stereocenters. The Morgan fingerprint density at radius 3 is 2.69 bits per heavy atom. The maximum atomic E-state index is 12.2. The highest BCUT2D eigenvalue weighted by molar-refractivity contribution is 7.90. The molecule has 1 N–H and O–H groups in total. The second-order valence-electron chi connectivity index (χ2n) is 5.88. The van der Waals surface area contributed by atoms with E-state index < -0.39 is 9.84 Å². The minimum absolute atomic E-state index is 0.000441. The van der Waals surface area contributed by atoms with E-state index in [4.69, 9.17) is 21.1 Å². The molecule has 2 aromatic carbocycles. The van der Waals surface area contributed by atoms with Gasteiger partial charge in [0.15, 0.2) is 21.3 Å². The quantitative estimate of drug-likeness (QED) is 0.729. The Morgan fingerprint density at radius 1 is 1.15 bits per heavy atom. The lowest BCUT2D eigenvalue weighted by molar-refractivity contribution is 0.0953. The van der Waals surface area contributed by atoms with Gasteiger partial charge in [0.1, 0.15) is 0 Å². The zero-order valence-corrected chi connectivity index (χ0v) is 15.5. The molecule has 0 aromatic heterocycles. The van der Waals surface area contributed by atoms with Crippen LogP contribution in [0.25, 0.3) is 0 Å². The molecular weight excluding hydrogens is 378 g/mol. The number of rotatable bonds is 7. The molecule has 6 nitrogen and oxygen atoms in total. The lowest BCUT2D eigenvalue weighted by atomic mass is 10.2. The first-order chi connectivity index (χ1) is 12.4. The molecule has 3 rings (SSSR count). The predicted molar refractivity (Wildman–Crippen MR) is 98.5 cm³/mol. The first-order valence-electron chi connectivity index (χ1n) is 8.06. The zero-order valence-electron chi connectivity index (χ0n) is 13.9. The lowest BCUT2D eigenvalue weighted by Crippen LogP contribution is -2.26. The van der Waals surface area contributed by atoms with Gasteiger partial charge in [0.2, 0.25) is 6.79 Å². The first kappa shape index (κ1) is 18.5. The molecule has 0 aliphatic carbocycles. The van der Waals surface area contributed by atoms with Crippen molar-refractivity contribution in [1.82, 2.24) is 5.32 Å². The largest absolute Gasteiger partial charge is 0.454 e. The number of amides is 1. The van der Waals surface area contributed by atoms with Crippen molar-refractivity contribution < 1.29 is 22.7 Å². The Hall–Kier alpha value is -2.25. The minimum Gasteiger partial charge on any atom is -0.454 e. The van der Waals surface area contributed by atoms with Gasteiger partial charge in [-0.15, -0.1) is 0 Å². The molecule has 0 saturated carbocycles. The molecule has 8 heteroatoms. The van der Waals surface area contributed by atoms with Gasteiger partial charge in [0.05, 0.1) is 16.5 Å². The van der Waals surface area contributed by atoms with Gasteiger partial charge in [-0.25, -0.2) is 8.42 Å². The molecule has 1 heterocycles. The molecule has 1 aliphatic rings. The van der Waals surface area contributed by atoms with E-state index in [0.717, 1.165) is 5.56 Å². The summed E-state index contributed by atoms with van der Waals surface area (Å²) in [6.07, 6.45) is 0.333.